The minimum Gasteiger partial charge on any atom is -0.463 e. The molecule has 0 rings (SSSR count). The summed E-state index contributed by atoms with van der Waals surface area (Å²) in [5.74, 6) is -0.0647. The highest BCUT2D eigenvalue weighted by atomic mass is 16.5. The first-order chi connectivity index (χ1) is 9.70. The second-order valence-corrected chi connectivity index (χ2v) is 5.27. The summed E-state index contributed by atoms with van der Waals surface area (Å²) >= 11 is 0. The molecule has 5 nitrogen and oxygen atoms in total. The van der Waals surface area contributed by atoms with E-state index >= 15 is 0 Å². The van der Waals surface area contributed by atoms with Crippen LogP contribution in [0.15, 0.2) is 24.8 Å². The van der Waals surface area contributed by atoms with Gasteiger partial charge in [0.1, 0.15) is 6.61 Å². The van der Waals surface area contributed by atoms with Gasteiger partial charge in [-0.25, -0.2) is 9.59 Å². The molecular weight excluding hydrogens is 270 g/mol. The molecule has 0 heterocycles. The highest BCUT2D eigenvalue weighted by Crippen LogP contribution is 1.98. The molecule has 5 heteroatoms. The van der Waals surface area contributed by atoms with E-state index < -0.39 is 0 Å². The maximum Gasteiger partial charge on any atom is 0.333 e. The minimum absolute atomic E-state index is 0.313. The Morgan fingerprint density at radius 3 is 2.14 bits per heavy atom. The van der Waals surface area contributed by atoms with Gasteiger partial charge in [-0.3, -0.25) is 0 Å². The predicted molar refractivity (Wildman–Crippen MR) is 84.9 cm³/mol. The molecule has 0 aliphatic rings. The Balaban J connectivity index is 0. The van der Waals surface area contributed by atoms with Crippen molar-refractivity contribution in [2.75, 3.05) is 33.9 Å². The van der Waals surface area contributed by atoms with E-state index in [4.69, 9.17) is 9.47 Å². The quantitative estimate of drug-likeness (QED) is 0.509. The van der Waals surface area contributed by atoms with Crippen LogP contribution in [-0.2, 0) is 19.1 Å². The van der Waals surface area contributed by atoms with E-state index in [1.807, 2.05) is 19.0 Å². The number of likely N-dealkylation sites (N-methyl/N-ethyl adjacent to an activating group) is 1. The third-order valence-corrected chi connectivity index (χ3v) is 2.23. The smallest absolute Gasteiger partial charge is 0.333 e. The average molecular weight is 299 g/mol. The lowest BCUT2D eigenvalue weighted by Gasteiger charge is -2.09. The molecule has 122 valence electrons. The van der Waals surface area contributed by atoms with Gasteiger partial charge in [0.15, 0.2) is 0 Å². The molecule has 0 aromatic rings. The maximum absolute atomic E-state index is 10.8. The van der Waals surface area contributed by atoms with Crippen LogP contribution >= 0.6 is 0 Å². The van der Waals surface area contributed by atoms with Gasteiger partial charge in [-0.2, -0.15) is 0 Å². The Morgan fingerprint density at radius 2 is 1.76 bits per heavy atom. The molecule has 0 aromatic heterocycles. The molecule has 0 amide bonds. The lowest BCUT2D eigenvalue weighted by molar-refractivity contribution is -0.139. The number of carbonyl (C=O) groups is 2. The lowest BCUT2D eigenvalue weighted by atomic mass is 10.1. The van der Waals surface area contributed by atoms with Gasteiger partial charge in [0.05, 0.1) is 6.61 Å². The number of carbonyl (C=O) groups excluding carboxylic acids is 2. The van der Waals surface area contributed by atoms with E-state index in [9.17, 15) is 9.59 Å². The summed E-state index contributed by atoms with van der Waals surface area (Å²) in [5.41, 5.74) is 0.448. The first kappa shape index (κ1) is 21.7. The lowest BCUT2D eigenvalue weighted by Crippen LogP contribution is -2.20. The van der Waals surface area contributed by atoms with Gasteiger partial charge in [-0.05, 0) is 33.4 Å². The number of hydrogen-bond donors (Lipinski definition) is 0. The van der Waals surface area contributed by atoms with Gasteiger partial charge in [-0.15, -0.1) is 0 Å². The second kappa shape index (κ2) is 13.4. The highest BCUT2D eigenvalue weighted by Gasteiger charge is 2.01. The van der Waals surface area contributed by atoms with E-state index in [0.717, 1.165) is 13.0 Å². The van der Waals surface area contributed by atoms with Crippen molar-refractivity contribution in [3.8, 4) is 0 Å². The predicted octanol–water partition coefficient (Wildman–Crippen LogP) is 2.43. The van der Waals surface area contributed by atoms with E-state index in [0.29, 0.717) is 24.7 Å². The Hall–Kier alpha value is -1.62. The fourth-order valence-corrected chi connectivity index (χ4v) is 0.898. The molecule has 0 atom stereocenters. The van der Waals surface area contributed by atoms with Gasteiger partial charge in [0.2, 0.25) is 0 Å². The van der Waals surface area contributed by atoms with Gasteiger partial charge >= 0.3 is 11.9 Å². The van der Waals surface area contributed by atoms with Gasteiger partial charge in [0, 0.05) is 18.2 Å². The third-order valence-electron chi connectivity index (χ3n) is 2.23. The Morgan fingerprint density at radius 1 is 1.19 bits per heavy atom. The van der Waals surface area contributed by atoms with Gasteiger partial charge in [0.25, 0.3) is 0 Å². The van der Waals surface area contributed by atoms with Crippen LogP contribution in [0.5, 0.6) is 0 Å². The number of esters is 2. The van der Waals surface area contributed by atoms with Crippen LogP contribution in [0.1, 0.15) is 27.2 Å². The van der Waals surface area contributed by atoms with Crippen molar-refractivity contribution in [1.82, 2.24) is 4.90 Å². The van der Waals surface area contributed by atoms with E-state index in [-0.39, 0.29) is 11.9 Å². The second-order valence-electron chi connectivity index (χ2n) is 5.27. The molecule has 0 saturated heterocycles. The van der Waals surface area contributed by atoms with Crippen LogP contribution in [0, 0.1) is 5.92 Å². The topological polar surface area (TPSA) is 55.8 Å². The third kappa shape index (κ3) is 18.4. The van der Waals surface area contributed by atoms with Crippen molar-refractivity contribution in [3.63, 3.8) is 0 Å². The van der Waals surface area contributed by atoms with Crippen molar-refractivity contribution in [2.45, 2.75) is 27.2 Å². The van der Waals surface area contributed by atoms with Crippen molar-refractivity contribution < 1.29 is 19.1 Å². The molecule has 0 spiro atoms. The number of ether oxygens (including phenoxy) is 2. The maximum atomic E-state index is 10.8. The first-order valence-electron chi connectivity index (χ1n) is 6.97. The molecule has 0 aliphatic carbocycles. The molecule has 0 aliphatic heterocycles. The summed E-state index contributed by atoms with van der Waals surface area (Å²) in [6.45, 7) is 14.2. The van der Waals surface area contributed by atoms with Crippen LogP contribution < -0.4 is 0 Å². The molecule has 0 radical (unpaired) electrons. The van der Waals surface area contributed by atoms with Gasteiger partial charge < -0.3 is 14.4 Å². The Bertz CT molecular complexity index is 335. The summed E-state index contributed by atoms with van der Waals surface area (Å²) in [4.78, 5) is 23.2. The molecule has 0 saturated carbocycles. The summed E-state index contributed by atoms with van der Waals surface area (Å²) < 4.78 is 9.58. The number of hydrogen-bond acceptors (Lipinski definition) is 5. The van der Waals surface area contributed by atoms with Crippen LogP contribution in [0.2, 0.25) is 0 Å². The Labute approximate surface area is 128 Å². The molecular formula is C16H29NO4. The van der Waals surface area contributed by atoms with Crippen molar-refractivity contribution in [2.24, 2.45) is 5.92 Å². The van der Waals surface area contributed by atoms with Crippen LogP contribution in [0.3, 0.4) is 0 Å². The summed E-state index contributed by atoms with van der Waals surface area (Å²) in [6.07, 6.45) is 2.10. The molecule has 0 N–H and O–H groups in total. The molecule has 0 fully saturated rings. The fourth-order valence-electron chi connectivity index (χ4n) is 0.898. The first-order valence-corrected chi connectivity index (χ1v) is 6.97. The molecule has 0 unspecified atom stereocenters. The minimum atomic E-state index is -0.333. The molecule has 21 heavy (non-hydrogen) atoms. The fraction of sp³-hybridized carbons (Fsp3) is 0.625. The highest BCUT2D eigenvalue weighted by molar-refractivity contribution is 5.86. The monoisotopic (exact) mass is 299 g/mol. The summed E-state index contributed by atoms with van der Waals surface area (Å²) in [6, 6.07) is 0. The Kier molecular flexibility index (Phi) is 13.8. The standard InChI is InChI=1S/C8H15NO2.C8H14O2/c1-7(2)8(10)11-6-5-9(3)4;1-4-8(9)10-6-5-7(2)3/h1,5-6H2,2-4H3;4,7H,1,5-6H2,2-3H3. The zero-order valence-electron chi connectivity index (χ0n) is 14.0. The van der Waals surface area contributed by atoms with E-state index in [2.05, 4.69) is 27.0 Å². The average Bonchev–Trinajstić information content (AvgIpc) is 2.38. The SMILES string of the molecule is C=C(C)C(=O)OCCN(C)C.C=CC(=O)OCCC(C)C. The van der Waals surface area contributed by atoms with Crippen LogP contribution in [-0.4, -0.2) is 50.7 Å². The number of rotatable bonds is 8. The zero-order valence-corrected chi connectivity index (χ0v) is 14.0. The summed E-state index contributed by atoms with van der Waals surface area (Å²) in [7, 11) is 3.85. The largest absolute Gasteiger partial charge is 0.463 e. The molecule has 0 bridgehead atoms. The molecule has 0 aromatic carbocycles. The van der Waals surface area contributed by atoms with Crippen molar-refractivity contribution in [1.29, 1.82) is 0 Å². The van der Waals surface area contributed by atoms with E-state index in [1.165, 1.54) is 6.08 Å². The van der Waals surface area contributed by atoms with E-state index in [1.54, 1.807) is 6.92 Å². The number of nitrogens with zero attached hydrogens (tertiary/aromatic N) is 1. The van der Waals surface area contributed by atoms with Crippen molar-refractivity contribution >= 4 is 11.9 Å². The van der Waals surface area contributed by atoms with Crippen LogP contribution in [0.25, 0.3) is 0 Å². The van der Waals surface area contributed by atoms with Crippen molar-refractivity contribution in [3.05, 3.63) is 24.8 Å². The van der Waals surface area contributed by atoms with Gasteiger partial charge in [-0.1, -0.05) is 27.0 Å². The zero-order chi connectivity index (χ0) is 16.8. The van der Waals surface area contributed by atoms with Crippen LogP contribution in [0.4, 0.5) is 0 Å². The summed E-state index contributed by atoms with van der Waals surface area (Å²) in [5, 5.41) is 0. The normalized spacial score (nSPS) is 9.67.